The van der Waals surface area contributed by atoms with E-state index in [-0.39, 0.29) is 5.41 Å². The number of fused-ring (bicyclic) bond motifs is 13. The van der Waals surface area contributed by atoms with Crippen LogP contribution in [-0.2, 0) is 5.41 Å². The fourth-order valence-electron chi connectivity index (χ4n) is 11.3. The summed E-state index contributed by atoms with van der Waals surface area (Å²) in [5.74, 6) is 0. The minimum absolute atomic E-state index is 0.190. The van der Waals surface area contributed by atoms with E-state index >= 15 is 0 Å². The van der Waals surface area contributed by atoms with Crippen LogP contribution in [0.15, 0.2) is 218 Å². The molecule has 0 aromatic heterocycles. The monoisotopic (exact) mass is 798 g/mol. The van der Waals surface area contributed by atoms with Crippen LogP contribution >= 0.6 is 0 Å². The molecule has 13 rings (SSSR count). The number of benzene rings is 12. The molecule has 0 heterocycles. The van der Waals surface area contributed by atoms with Gasteiger partial charge in [-0.1, -0.05) is 208 Å². The predicted molar refractivity (Wildman–Crippen MR) is 271 cm³/mol. The van der Waals surface area contributed by atoms with Gasteiger partial charge in [-0.15, -0.1) is 0 Å². The lowest BCUT2D eigenvalue weighted by molar-refractivity contribution is 0.662. The van der Waals surface area contributed by atoms with Gasteiger partial charge in [0.25, 0.3) is 0 Å². The van der Waals surface area contributed by atoms with Crippen molar-refractivity contribution >= 4 is 64.6 Å². The predicted octanol–water partition coefficient (Wildman–Crippen LogP) is 17.6. The van der Waals surface area contributed by atoms with Gasteiger partial charge in [0.15, 0.2) is 0 Å². The topological polar surface area (TPSA) is 0 Å². The van der Waals surface area contributed by atoms with Gasteiger partial charge in [-0.2, -0.15) is 0 Å². The van der Waals surface area contributed by atoms with Crippen molar-refractivity contribution in [1.29, 1.82) is 0 Å². The van der Waals surface area contributed by atoms with Crippen LogP contribution in [0.3, 0.4) is 0 Å². The van der Waals surface area contributed by atoms with Crippen LogP contribution in [0.25, 0.3) is 120 Å². The average molecular weight is 799 g/mol. The van der Waals surface area contributed by atoms with Gasteiger partial charge in [-0.05, 0) is 156 Å². The van der Waals surface area contributed by atoms with Crippen molar-refractivity contribution in [1.82, 2.24) is 0 Å². The molecule has 0 saturated carbocycles. The first-order valence-corrected chi connectivity index (χ1v) is 22.2. The fraction of sp³-hybridized carbons (Fsp3) is 0.0476. The number of hydrogen-bond donors (Lipinski definition) is 0. The van der Waals surface area contributed by atoms with Crippen LogP contribution in [0.2, 0.25) is 0 Å². The summed E-state index contributed by atoms with van der Waals surface area (Å²) in [6.07, 6.45) is 0. The molecule has 0 nitrogen and oxygen atoms in total. The Morgan fingerprint density at radius 3 is 1.21 bits per heavy atom. The molecule has 294 valence electrons. The molecule has 0 aliphatic heterocycles. The first-order valence-electron chi connectivity index (χ1n) is 22.2. The lowest BCUT2D eigenvalue weighted by atomic mass is 9.79. The summed E-state index contributed by atoms with van der Waals surface area (Å²) >= 11 is 0. The SMILES string of the molecule is CC1(C)c2cc3c4ccccc4c4ccccc4c3cc2-c2c1cc(-c1ccc(-c3c4ccccc4c(-c4cccc(-c5ccccc5)c4)c4ccccc34)cc1)c1ccccc21. The summed E-state index contributed by atoms with van der Waals surface area (Å²) < 4.78 is 0. The van der Waals surface area contributed by atoms with Crippen LogP contribution in [0.1, 0.15) is 25.0 Å². The Morgan fingerprint density at radius 1 is 0.222 bits per heavy atom. The summed E-state index contributed by atoms with van der Waals surface area (Å²) in [4.78, 5) is 0. The molecule has 0 N–H and O–H groups in total. The average Bonchev–Trinajstić information content (AvgIpc) is 3.57. The van der Waals surface area contributed by atoms with Crippen LogP contribution in [0, 0.1) is 0 Å². The van der Waals surface area contributed by atoms with E-state index in [0.29, 0.717) is 0 Å². The molecular formula is C63H42. The second kappa shape index (κ2) is 13.6. The molecule has 0 saturated heterocycles. The zero-order valence-corrected chi connectivity index (χ0v) is 35.3. The first kappa shape index (κ1) is 35.9. The second-order valence-electron chi connectivity index (χ2n) is 17.9. The van der Waals surface area contributed by atoms with Crippen LogP contribution < -0.4 is 0 Å². The van der Waals surface area contributed by atoms with Gasteiger partial charge in [0.1, 0.15) is 0 Å². The summed E-state index contributed by atoms with van der Waals surface area (Å²) in [7, 11) is 0. The highest BCUT2D eigenvalue weighted by molar-refractivity contribution is 6.27. The normalized spacial score (nSPS) is 13.0. The van der Waals surface area contributed by atoms with Gasteiger partial charge < -0.3 is 0 Å². The van der Waals surface area contributed by atoms with Crippen molar-refractivity contribution in [3.63, 3.8) is 0 Å². The number of rotatable bonds is 4. The third-order valence-electron chi connectivity index (χ3n) is 14.2. The Kier molecular flexibility index (Phi) is 7.75. The van der Waals surface area contributed by atoms with E-state index in [1.807, 2.05) is 0 Å². The molecule has 0 spiro atoms. The van der Waals surface area contributed by atoms with E-state index in [9.17, 15) is 0 Å². The zero-order valence-electron chi connectivity index (χ0n) is 35.3. The van der Waals surface area contributed by atoms with Gasteiger partial charge in [0.2, 0.25) is 0 Å². The van der Waals surface area contributed by atoms with Gasteiger partial charge in [0.05, 0.1) is 0 Å². The van der Waals surface area contributed by atoms with Gasteiger partial charge in [0, 0.05) is 5.41 Å². The minimum Gasteiger partial charge on any atom is -0.0622 e. The van der Waals surface area contributed by atoms with E-state index in [1.54, 1.807) is 0 Å². The molecule has 0 bridgehead atoms. The maximum atomic E-state index is 2.52. The Balaban J connectivity index is 0.977. The van der Waals surface area contributed by atoms with Crippen molar-refractivity contribution in [3.8, 4) is 55.6 Å². The molecule has 1 aliphatic rings. The molecule has 63 heavy (non-hydrogen) atoms. The first-order chi connectivity index (χ1) is 31.0. The second-order valence-corrected chi connectivity index (χ2v) is 17.9. The van der Waals surface area contributed by atoms with E-state index < -0.39 is 0 Å². The van der Waals surface area contributed by atoms with Crippen LogP contribution in [0.5, 0.6) is 0 Å². The molecule has 0 amide bonds. The van der Waals surface area contributed by atoms with E-state index in [2.05, 4.69) is 232 Å². The maximum absolute atomic E-state index is 2.52. The Hall–Kier alpha value is -7.80. The van der Waals surface area contributed by atoms with Crippen LogP contribution in [0.4, 0.5) is 0 Å². The molecule has 12 aromatic rings. The Bertz CT molecular complexity index is 3790. The molecule has 1 aliphatic carbocycles. The van der Waals surface area contributed by atoms with Crippen molar-refractivity contribution < 1.29 is 0 Å². The lowest BCUT2D eigenvalue weighted by Gasteiger charge is -2.23. The van der Waals surface area contributed by atoms with Gasteiger partial charge >= 0.3 is 0 Å². The highest BCUT2D eigenvalue weighted by Crippen LogP contribution is 2.55. The van der Waals surface area contributed by atoms with Crippen molar-refractivity contribution in [2.75, 3.05) is 0 Å². The molecule has 0 radical (unpaired) electrons. The largest absolute Gasteiger partial charge is 0.0622 e. The molecule has 12 aromatic carbocycles. The van der Waals surface area contributed by atoms with Crippen LogP contribution in [-0.4, -0.2) is 0 Å². The summed E-state index contributed by atoms with van der Waals surface area (Å²) in [6.45, 7) is 4.85. The lowest BCUT2D eigenvalue weighted by Crippen LogP contribution is -2.15. The molecule has 0 atom stereocenters. The van der Waals surface area contributed by atoms with Crippen molar-refractivity contribution in [2.45, 2.75) is 19.3 Å². The third kappa shape index (κ3) is 5.28. The minimum atomic E-state index is -0.190. The van der Waals surface area contributed by atoms with Gasteiger partial charge in [-0.25, -0.2) is 0 Å². The highest BCUT2D eigenvalue weighted by atomic mass is 14.4. The van der Waals surface area contributed by atoms with E-state index in [1.165, 1.54) is 131 Å². The molecule has 0 fully saturated rings. The molecule has 0 heteroatoms. The van der Waals surface area contributed by atoms with E-state index in [0.717, 1.165) is 0 Å². The Morgan fingerprint density at radius 2 is 0.635 bits per heavy atom. The molecular weight excluding hydrogens is 757 g/mol. The number of hydrogen-bond acceptors (Lipinski definition) is 0. The summed E-state index contributed by atoms with van der Waals surface area (Å²) in [6, 6.07) is 81.5. The van der Waals surface area contributed by atoms with Crippen molar-refractivity contribution in [2.24, 2.45) is 0 Å². The van der Waals surface area contributed by atoms with Crippen molar-refractivity contribution in [3.05, 3.63) is 230 Å². The summed E-state index contributed by atoms with van der Waals surface area (Å²) in [5, 5.41) is 15.6. The van der Waals surface area contributed by atoms with Gasteiger partial charge in [-0.3, -0.25) is 0 Å². The zero-order chi connectivity index (χ0) is 41.8. The quantitative estimate of drug-likeness (QED) is 0.123. The summed E-state index contributed by atoms with van der Waals surface area (Å²) in [5.41, 5.74) is 15.3. The third-order valence-corrected chi connectivity index (χ3v) is 14.2. The maximum Gasteiger partial charge on any atom is 0.0159 e. The highest BCUT2D eigenvalue weighted by Gasteiger charge is 2.38. The smallest absolute Gasteiger partial charge is 0.0159 e. The Labute approximate surface area is 367 Å². The standard InChI is InChI=1S/C63H42/c1-63(2)58-38-56-47-24-9-7-22-45(47)44-21-6-8-23-46(44)55(56)36-57(58)62-49-26-11-10-25-48(49)54(37-59(62)63)40-31-33-41(34-32-40)60-50-27-12-14-29-52(50)61(53-30-15-13-28-51(53)60)43-20-16-19-42(35-43)39-17-4-3-5-18-39/h3-38H,1-2H3. The molecule has 0 unspecified atom stereocenters. The fourth-order valence-corrected chi connectivity index (χ4v) is 11.3. The van der Waals surface area contributed by atoms with E-state index in [4.69, 9.17) is 0 Å².